The summed E-state index contributed by atoms with van der Waals surface area (Å²) >= 11 is 0. The van der Waals surface area contributed by atoms with Crippen LogP contribution in [-0.4, -0.2) is 32.8 Å². The van der Waals surface area contributed by atoms with Crippen LogP contribution in [0, 0.1) is 5.92 Å². The van der Waals surface area contributed by atoms with E-state index in [-0.39, 0.29) is 23.9 Å². The van der Waals surface area contributed by atoms with E-state index in [0.717, 1.165) is 19.1 Å². The molecule has 14 heavy (non-hydrogen) atoms. The molecule has 0 aliphatic rings. The topological polar surface area (TPSA) is 77.2 Å². The second-order valence-electron chi connectivity index (χ2n) is 3.68. The Morgan fingerprint density at radius 3 is 2.43 bits per heavy atom. The fourth-order valence-electron chi connectivity index (χ4n) is 1.12. The molecule has 0 fully saturated rings. The molecule has 0 rings (SSSR count). The normalized spacial score (nSPS) is 13.9. The van der Waals surface area contributed by atoms with Crippen molar-refractivity contribution in [3.8, 4) is 0 Å². The number of rotatable bonds is 7. The summed E-state index contributed by atoms with van der Waals surface area (Å²) < 4.78 is 21.6. The number of hydrogen-bond donors (Lipinski definition) is 1. The van der Waals surface area contributed by atoms with Gasteiger partial charge in [-0.1, -0.05) is 6.92 Å². The molecule has 0 aromatic heterocycles. The van der Waals surface area contributed by atoms with Gasteiger partial charge in [-0.15, -0.1) is 0 Å². The second kappa shape index (κ2) is 6.14. The number of hydrogen-bond acceptors (Lipinski definition) is 4. The van der Waals surface area contributed by atoms with E-state index >= 15 is 0 Å². The van der Waals surface area contributed by atoms with Crippen LogP contribution >= 0.6 is 0 Å². The second-order valence-corrected chi connectivity index (χ2v) is 5.94. The summed E-state index contributed by atoms with van der Waals surface area (Å²) in [5.74, 6) is -0.0945. The lowest BCUT2D eigenvalue weighted by Crippen LogP contribution is -2.16. The molecule has 5 heteroatoms. The summed E-state index contributed by atoms with van der Waals surface area (Å²) in [7, 11) is -3.02. The Hall–Kier alpha value is -0.420. The lowest BCUT2D eigenvalue weighted by atomic mass is 9.99. The zero-order valence-corrected chi connectivity index (χ0v) is 9.64. The van der Waals surface area contributed by atoms with E-state index in [1.165, 1.54) is 0 Å². The summed E-state index contributed by atoms with van der Waals surface area (Å²) in [5, 5.41) is 0. The van der Waals surface area contributed by atoms with Crippen molar-refractivity contribution < 1.29 is 13.2 Å². The third-order valence-electron chi connectivity index (χ3n) is 2.11. The average Bonchev–Trinajstić information content (AvgIpc) is 2.09. The highest BCUT2D eigenvalue weighted by Crippen LogP contribution is 2.08. The number of nitrogens with two attached hydrogens (primary N) is 1. The van der Waals surface area contributed by atoms with Gasteiger partial charge >= 0.3 is 0 Å². The fourth-order valence-corrected chi connectivity index (χ4v) is 1.69. The molecule has 0 radical (unpaired) electrons. The molecule has 0 aromatic carbocycles. The molecule has 84 valence electrons. The van der Waals surface area contributed by atoms with Crippen molar-refractivity contribution in [3.63, 3.8) is 0 Å². The summed E-state index contributed by atoms with van der Waals surface area (Å²) in [5.41, 5.74) is 5.31. The number of Topliss-reactive ketones (excluding diaryl/α,β-unsaturated/α-hetero) is 1. The molecule has 0 spiro atoms. The first-order valence-electron chi connectivity index (χ1n) is 4.77. The van der Waals surface area contributed by atoms with Gasteiger partial charge in [0, 0.05) is 18.6 Å². The van der Waals surface area contributed by atoms with Crippen LogP contribution in [0.15, 0.2) is 0 Å². The van der Waals surface area contributed by atoms with Gasteiger partial charge in [0.2, 0.25) is 0 Å². The molecular weight excluding hydrogens is 202 g/mol. The minimum atomic E-state index is -3.02. The highest BCUT2D eigenvalue weighted by atomic mass is 32.2. The molecule has 2 N–H and O–H groups in total. The Balaban J connectivity index is 3.84. The first kappa shape index (κ1) is 13.6. The van der Waals surface area contributed by atoms with Crippen LogP contribution in [-0.2, 0) is 14.6 Å². The van der Waals surface area contributed by atoms with E-state index in [4.69, 9.17) is 5.73 Å². The van der Waals surface area contributed by atoms with Crippen LogP contribution < -0.4 is 5.73 Å². The number of ketones is 1. The third kappa shape index (κ3) is 7.03. The van der Waals surface area contributed by atoms with Crippen molar-refractivity contribution in [3.05, 3.63) is 0 Å². The van der Waals surface area contributed by atoms with Crippen molar-refractivity contribution in [1.82, 2.24) is 0 Å². The van der Waals surface area contributed by atoms with E-state index in [0.29, 0.717) is 6.54 Å². The van der Waals surface area contributed by atoms with Gasteiger partial charge in [0.25, 0.3) is 0 Å². The van der Waals surface area contributed by atoms with Crippen molar-refractivity contribution in [2.24, 2.45) is 11.7 Å². The minimum absolute atomic E-state index is 0.0175. The van der Waals surface area contributed by atoms with Gasteiger partial charge < -0.3 is 5.73 Å². The first-order valence-corrected chi connectivity index (χ1v) is 6.83. The summed E-state index contributed by atoms with van der Waals surface area (Å²) in [6.45, 7) is 2.39. The maximum atomic E-state index is 11.4. The summed E-state index contributed by atoms with van der Waals surface area (Å²) in [4.78, 5) is 11.4. The number of sulfone groups is 1. The minimum Gasteiger partial charge on any atom is -0.330 e. The molecule has 0 aliphatic carbocycles. The molecule has 0 amide bonds. The maximum Gasteiger partial charge on any atom is 0.147 e. The Kier molecular flexibility index (Phi) is 5.95. The molecule has 0 aliphatic heterocycles. The van der Waals surface area contributed by atoms with Crippen LogP contribution in [0.2, 0.25) is 0 Å². The average molecular weight is 221 g/mol. The maximum absolute atomic E-state index is 11.4. The Bertz CT molecular complexity index is 272. The van der Waals surface area contributed by atoms with Crippen LogP contribution in [0.3, 0.4) is 0 Å². The Labute approximate surface area is 85.8 Å². The van der Waals surface area contributed by atoms with E-state index in [2.05, 4.69) is 0 Å². The molecule has 0 aromatic rings. The molecular formula is C9H19NO3S. The summed E-state index contributed by atoms with van der Waals surface area (Å²) in [6, 6.07) is 0. The van der Waals surface area contributed by atoms with E-state index < -0.39 is 9.84 Å². The van der Waals surface area contributed by atoms with E-state index in [9.17, 15) is 13.2 Å². The Morgan fingerprint density at radius 1 is 1.43 bits per heavy atom. The largest absolute Gasteiger partial charge is 0.330 e. The number of carbonyl (C=O) groups is 1. The predicted molar refractivity (Wildman–Crippen MR) is 56.8 cm³/mol. The zero-order valence-electron chi connectivity index (χ0n) is 8.82. The highest BCUT2D eigenvalue weighted by molar-refractivity contribution is 7.90. The van der Waals surface area contributed by atoms with Gasteiger partial charge in [-0.2, -0.15) is 0 Å². The van der Waals surface area contributed by atoms with Gasteiger partial charge in [-0.05, 0) is 19.4 Å². The van der Waals surface area contributed by atoms with Crippen molar-refractivity contribution in [1.29, 1.82) is 0 Å². The van der Waals surface area contributed by atoms with Crippen LogP contribution in [0.5, 0.6) is 0 Å². The smallest absolute Gasteiger partial charge is 0.147 e. The van der Waals surface area contributed by atoms with Crippen molar-refractivity contribution in [2.75, 3.05) is 18.6 Å². The molecule has 1 unspecified atom stereocenters. The van der Waals surface area contributed by atoms with Crippen molar-refractivity contribution >= 4 is 15.6 Å². The van der Waals surface area contributed by atoms with Gasteiger partial charge in [-0.25, -0.2) is 8.42 Å². The van der Waals surface area contributed by atoms with E-state index in [1.54, 1.807) is 0 Å². The van der Waals surface area contributed by atoms with Crippen LogP contribution in [0.4, 0.5) is 0 Å². The van der Waals surface area contributed by atoms with Crippen LogP contribution in [0.25, 0.3) is 0 Å². The zero-order chi connectivity index (χ0) is 11.2. The molecule has 0 saturated carbocycles. The summed E-state index contributed by atoms with van der Waals surface area (Å²) in [6.07, 6.45) is 2.83. The molecule has 0 heterocycles. The third-order valence-corrected chi connectivity index (χ3v) is 3.06. The highest BCUT2D eigenvalue weighted by Gasteiger charge is 2.14. The molecule has 0 saturated heterocycles. The first-order chi connectivity index (χ1) is 6.37. The van der Waals surface area contributed by atoms with Gasteiger partial charge in [0.05, 0.1) is 5.75 Å². The monoisotopic (exact) mass is 221 g/mol. The number of carbonyl (C=O) groups excluding carboxylic acids is 1. The predicted octanol–water partition coefficient (Wildman–Crippen LogP) is 0.365. The lowest BCUT2D eigenvalue weighted by Gasteiger charge is -2.08. The molecule has 4 nitrogen and oxygen atoms in total. The van der Waals surface area contributed by atoms with Gasteiger partial charge in [0.15, 0.2) is 0 Å². The standard InChI is InChI=1S/C9H19NO3S/c1-8(4-3-6-10)9(11)5-7-14(2,12)13/h8H,3-7,10H2,1-2H3. The van der Waals surface area contributed by atoms with Gasteiger partial charge in [-0.3, -0.25) is 4.79 Å². The molecule has 1 atom stereocenters. The fraction of sp³-hybridized carbons (Fsp3) is 0.889. The van der Waals surface area contributed by atoms with E-state index in [1.807, 2.05) is 6.92 Å². The van der Waals surface area contributed by atoms with Crippen molar-refractivity contribution in [2.45, 2.75) is 26.2 Å². The van der Waals surface area contributed by atoms with Gasteiger partial charge in [0.1, 0.15) is 15.6 Å². The SMILES string of the molecule is CC(CCCN)C(=O)CCS(C)(=O)=O. The van der Waals surface area contributed by atoms with Crippen LogP contribution in [0.1, 0.15) is 26.2 Å². The lowest BCUT2D eigenvalue weighted by molar-refractivity contribution is -0.122. The molecule has 0 bridgehead atoms. The quantitative estimate of drug-likeness (QED) is 0.673. The Morgan fingerprint density at radius 2 is 2.00 bits per heavy atom.